The molecule has 0 saturated heterocycles. The summed E-state index contributed by atoms with van der Waals surface area (Å²) in [6.45, 7) is -2.78. The normalized spacial score (nSPS) is 15.8. The molecule has 128 valence electrons. The quantitative estimate of drug-likeness (QED) is 0.283. The molecule has 0 aliphatic carbocycles. The van der Waals surface area contributed by atoms with Gasteiger partial charge in [0, 0.05) is 37.1 Å². The third kappa shape index (κ3) is 3.35. The molecule has 10 heteroatoms. The average molecular weight is 321 g/mol. The van der Waals surface area contributed by atoms with E-state index < -0.39 is 73.9 Å². The molecule has 0 rings (SSSR count). The van der Waals surface area contributed by atoms with Crippen molar-refractivity contribution in [1.82, 2.24) is 0 Å². The first-order valence-corrected chi connectivity index (χ1v) is 6.34. The molecule has 10 nitrogen and oxygen atoms in total. The number of carbonyl (C=O) groups excluding carboxylic acids is 3. The van der Waals surface area contributed by atoms with Gasteiger partial charge in [-0.1, -0.05) is 0 Å². The largest absolute Gasteiger partial charge is 0.550 e. The minimum absolute atomic E-state index is 0.849. The Morgan fingerprint density at radius 2 is 1.32 bits per heavy atom. The molecule has 0 bridgehead atoms. The number of hydrogen-bond acceptors (Lipinski definition) is 10. The fourth-order valence-corrected chi connectivity index (χ4v) is 2.55. The van der Waals surface area contributed by atoms with Crippen molar-refractivity contribution in [3.8, 4) is 0 Å². The van der Waals surface area contributed by atoms with Gasteiger partial charge in [0.15, 0.2) is 0 Å². The zero-order chi connectivity index (χ0) is 17.6. The third-order valence-electron chi connectivity index (χ3n) is 3.72. The number of aliphatic carboxylic acids is 3. The van der Waals surface area contributed by atoms with Crippen LogP contribution >= 0.6 is 0 Å². The van der Waals surface area contributed by atoms with Crippen molar-refractivity contribution in [2.45, 2.75) is 24.9 Å². The first-order valence-electron chi connectivity index (χ1n) is 6.34. The molecule has 22 heavy (non-hydrogen) atoms. The summed E-state index contributed by atoms with van der Waals surface area (Å²) in [5, 5.41) is 71.0. The molecular weight excluding hydrogens is 304 g/mol. The lowest BCUT2D eigenvalue weighted by molar-refractivity contribution is -0.365. The Morgan fingerprint density at radius 3 is 1.55 bits per heavy atom. The van der Waals surface area contributed by atoms with Crippen molar-refractivity contribution in [2.24, 2.45) is 11.3 Å². The van der Waals surface area contributed by atoms with Crippen LogP contribution in [0, 0.1) is 11.3 Å². The molecule has 2 unspecified atom stereocenters. The lowest BCUT2D eigenvalue weighted by Crippen LogP contribution is -2.71. The molecule has 0 fully saturated rings. The number of carboxylic acids is 3. The highest BCUT2D eigenvalue weighted by Crippen LogP contribution is 2.44. The Bertz CT molecular complexity index is 414. The molecule has 0 amide bonds. The van der Waals surface area contributed by atoms with Crippen LogP contribution in [0.4, 0.5) is 0 Å². The second-order valence-corrected chi connectivity index (χ2v) is 4.75. The highest BCUT2D eigenvalue weighted by Gasteiger charge is 2.56. The Balaban J connectivity index is 6.37. The van der Waals surface area contributed by atoms with Gasteiger partial charge in [0.25, 0.3) is 0 Å². The maximum atomic E-state index is 11.4. The summed E-state index contributed by atoms with van der Waals surface area (Å²) in [6.07, 6.45) is -2.69. The maximum Gasteiger partial charge on any atom is 0.123 e. The van der Waals surface area contributed by atoms with Gasteiger partial charge in [-0.15, -0.1) is 0 Å². The summed E-state index contributed by atoms with van der Waals surface area (Å²) < 4.78 is 0. The Morgan fingerprint density at radius 1 is 0.864 bits per heavy atom. The zero-order valence-corrected chi connectivity index (χ0v) is 11.6. The summed E-state index contributed by atoms with van der Waals surface area (Å²) in [7, 11) is 0. The van der Waals surface area contributed by atoms with E-state index in [2.05, 4.69) is 0 Å². The van der Waals surface area contributed by atoms with Crippen LogP contribution in [0.25, 0.3) is 0 Å². The molecule has 0 aromatic carbocycles. The van der Waals surface area contributed by atoms with Crippen LogP contribution in [0.1, 0.15) is 19.3 Å². The Kier molecular flexibility index (Phi) is 7.39. The summed E-state index contributed by atoms with van der Waals surface area (Å²) in [5.74, 6) is -9.14. The molecular formula is C12H17O10-3. The number of carboxylic acid groups (broad SMARTS) is 3. The van der Waals surface area contributed by atoms with E-state index in [1.54, 1.807) is 0 Å². The predicted octanol–water partition coefficient (Wildman–Crippen LogP) is -6.28. The number of aliphatic hydroxyl groups is 4. The van der Waals surface area contributed by atoms with Gasteiger partial charge in [0.2, 0.25) is 0 Å². The third-order valence-corrected chi connectivity index (χ3v) is 3.72. The lowest BCUT2D eigenvalue weighted by Gasteiger charge is -2.52. The lowest BCUT2D eigenvalue weighted by atomic mass is 9.61. The minimum Gasteiger partial charge on any atom is -0.550 e. The SMILES string of the molecule is O=C([O-])C(CCO)C(O)(C(=O)[O-])C(CCO)(CCO)C(=O)[O-]. The van der Waals surface area contributed by atoms with Crippen LogP contribution in [-0.4, -0.2) is 63.8 Å². The molecule has 0 aliphatic heterocycles. The second-order valence-electron chi connectivity index (χ2n) is 4.75. The van der Waals surface area contributed by atoms with Gasteiger partial charge in [0.1, 0.15) is 5.60 Å². The van der Waals surface area contributed by atoms with Gasteiger partial charge in [-0.05, 0) is 19.3 Å². The smallest absolute Gasteiger partial charge is 0.123 e. The van der Waals surface area contributed by atoms with Gasteiger partial charge in [-0.3, -0.25) is 0 Å². The van der Waals surface area contributed by atoms with Crippen molar-refractivity contribution in [2.75, 3.05) is 19.8 Å². The second kappa shape index (κ2) is 8.03. The van der Waals surface area contributed by atoms with Crippen LogP contribution in [0.5, 0.6) is 0 Å². The molecule has 0 spiro atoms. The molecule has 0 aromatic rings. The van der Waals surface area contributed by atoms with Crippen molar-refractivity contribution >= 4 is 17.9 Å². The van der Waals surface area contributed by atoms with Gasteiger partial charge >= 0.3 is 0 Å². The van der Waals surface area contributed by atoms with Crippen molar-refractivity contribution in [3.05, 3.63) is 0 Å². The van der Waals surface area contributed by atoms with Gasteiger partial charge in [0.05, 0.1) is 11.9 Å². The van der Waals surface area contributed by atoms with E-state index in [1.165, 1.54) is 0 Å². The Hall–Kier alpha value is -1.75. The van der Waals surface area contributed by atoms with E-state index in [4.69, 9.17) is 15.3 Å². The topological polar surface area (TPSA) is 201 Å². The van der Waals surface area contributed by atoms with Gasteiger partial charge in [-0.2, -0.15) is 0 Å². The highest BCUT2D eigenvalue weighted by molar-refractivity contribution is 5.91. The van der Waals surface area contributed by atoms with Crippen molar-refractivity contribution in [3.63, 3.8) is 0 Å². The van der Waals surface area contributed by atoms with E-state index in [0.29, 0.717) is 0 Å². The predicted molar refractivity (Wildman–Crippen MR) is 61.0 cm³/mol. The van der Waals surface area contributed by atoms with E-state index in [-0.39, 0.29) is 0 Å². The standard InChI is InChI=1S/C12H20O10/c13-4-1-7(8(16)17)12(22,10(20)21)11(2-5-14,3-6-15)9(18)19/h7,13-15,22H,1-6H2,(H,16,17)(H,18,19)(H,20,21)/p-3. The van der Waals surface area contributed by atoms with Crippen LogP contribution in [0.15, 0.2) is 0 Å². The highest BCUT2D eigenvalue weighted by atomic mass is 16.4. The molecule has 0 saturated carbocycles. The van der Waals surface area contributed by atoms with Crippen molar-refractivity contribution in [1.29, 1.82) is 0 Å². The molecule has 0 radical (unpaired) electrons. The van der Waals surface area contributed by atoms with Gasteiger partial charge in [-0.25, -0.2) is 0 Å². The molecule has 2 atom stereocenters. The summed E-state index contributed by atoms with van der Waals surface area (Å²) in [6, 6.07) is 0. The van der Waals surface area contributed by atoms with Crippen LogP contribution < -0.4 is 15.3 Å². The first-order chi connectivity index (χ1) is 10.2. The zero-order valence-electron chi connectivity index (χ0n) is 11.6. The maximum absolute atomic E-state index is 11.4. The molecule has 0 heterocycles. The summed E-state index contributed by atoms with van der Waals surface area (Å²) in [4.78, 5) is 33.9. The number of hydrogen-bond donors (Lipinski definition) is 4. The molecule has 0 aliphatic rings. The fraction of sp³-hybridized carbons (Fsp3) is 0.750. The van der Waals surface area contributed by atoms with Crippen LogP contribution in [-0.2, 0) is 14.4 Å². The number of rotatable bonds is 11. The van der Waals surface area contributed by atoms with E-state index >= 15 is 0 Å². The van der Waals surface area contributed by atoms with Gasteiger partial charge < -0.3 is 50.1 Å². The molecule has 0 aromatic heterocycles. The monoisotopic (exact) mass is 321 g/mol. The number of aliphatic hydroxyl groups excluding tert-OH is 3. The minimum atomic E-state index is -3.57. The van der Waals surface area contributed by atoms with Crippen LogP contribution in [0.2, 0.25) is 0 Å². The Labute approximate surface area is 125 Å². The summed E-state index contributed by atoms with van der Waals surface area (Å²) in [5.41, 5.74) is -6.42. The van der Waals surface area contributed by atoms with E-state index in [9.17, 15) is 34.8 Å². The number of carbonyl (C=O) groups is 3. The summed E-state index contributed by atoms with van der Waals surface area (Å²) >= 11 is 0. The van der Waals surface area contributed by atoms with Crippen LogP contribution in [0.3, 0.4) is 0 Å². The molecule has 4 N–H and O–H groups in total. The van der Waals surface area contributed by atoms with E-state index in [0.717, 1.165) is 0 Å². The average Bonchev–Trinajstić information content (AvgIpc) is 2.42. The van der Waals surface area contributed by atoms with Crippen molar-refractivity contribution < 1.29 is 50.1 Å². The first kappa shape index (κ1) is 20.2. The van der Waals surface area contributed by atoms with E-state index in [1.807, 2.05) is 0 Å². The fourth-order valence-electron chi connectivity index (χ4n) is 2.55.